The normalized spacial score (nSPS) is 10.8. The predicted molar refractivity (Wildman–Crippen MR) is 81.3 cm³/mol. The number of hydrogen-bond donors (Lipinski definition) is 1. The quantitative estimate of drug-likeness (QED) is 0.497. The van der Waals surface area contributed by atoms with Gasteiger partial charge in [0, 0.05) is 6.08 Å². The number of rotatable bonds is 6. The van der Waals surface area contributed by atoms with Crippen molar-refractivity contribution < 1.29 is 19.1 Å². The summed E-state index contributed by atoms with van der Waals surface area (Å²) in [6.07, 6.45) is 6.27. The van der Waals surface area contributed by atoms with Crippen molar-refractivity contribution in [3.05, 3.63) is 48.1 Å². The van der Waals surface area contributed by atoms with Crippen LogP contribution in [0.4, 0.5) is 5.69 Å². The Morgan fingerprint density at radius 2 is 2.05 bits per heavy atom. The van der Waals surface area contributed by atoms with Crippen molar-refractivity contribution in [2.24, 2.45) is 0 Å². The number of aryl methyl sites for hydroxylation is 1. The van der Waals surface area contributed by atoms with E-state index in [1.165, 1.54) is 13.2 Å². The molecule has 1 aromatic rings. The van der Waals surface area contributed by atoms with E-state index in [9.17, 15) is 9.59 Å². The maximum absolute atomic E-state index is 11.7. The van der Waals surface area contributed by atoms with Crippen LogP contribution < -0.4 is 10.1 Å². The first-order valence-corrected chi connectivity index (χ1v) is 6.47. The lowest BCUT2D eigenvalue weighted by Gasteiger charge is -2.10. The zero-order chi connectivity index (χ0) is 15.7. The molecule has 0 saturated carbocycles. The molecule has 0 radical (unpaired) electrons. The zero-order valence-corrected chi connectivity index (χ0v) is 12.4. The molecule has 5 nitrogen and oxygen atoms in total. The number of anilines is 1. The first-order chi connectivity index (χ1) is 10.1. The van der Waals surface area contributed by atoms with Crippen molar-refractivity contribution in [3.8, 4) is 5.75 Å². The third-order valence-electron chi connectivity index (χ3n) is 2.51. The summed E-state index contributed by atoms with van der Waals surface area (Å²) in [6, 6.07) is 5.42. The minimum absolute atomic E-state index is 0.351. The summed E-state index contributed by atoms with van der Waals surface area (Å²) in [4.78, 5) is 23.0. The molecule has 0 bridgehead atoms. The van der Waals surface area contributed by atoms with Crippen molar-refractivity contribution in [2.45, 2.75) is 13.8 Å². The van der Waals surface area contributed by atoms with Gasteiger partial charge in [-0.2, -0.15) is 0 Å². The second-order valence-electron chi connectivity index (χ2n) is 4.24. The first-order valence-electron chi connectivity index (χ1n) is 6.47. The molecule has 0 aliphatic rings. The van der Waals surface area contributed by atoms with Crippen LogP contribution in [0.2, 0.25) is 0 Å². The van der Waals surface area contributed by atoms with Crippen LogP contribution in [0.25, 0.3) is 0 Å². The van der Waals surface area contributed by atoms with E-state index >= 15 is 0 Å². The average molecular weight is 289 g/mol. The Morgan fingerprint density at radius 3 is 2.71 bits per heavy atom. The molecule has 0 unspecified atom stereocenters. The minimum Gasteiger partial charge on any atom is -0.495 e. The van der Waals surface area contributed by atoms with E-state index < -0.39 is 11.9 Å². The van der Waals surface area contributed by atoms with Gasteiger partial charge in [-0.1, -0.05) is 24.3 Å². The number of carbonyl (C=O) groups excluding carboxylic acids is 2. The highest BCUT2D eigenvalue weighted by Gasteiger charge is 2.09. The van der Waals surface area contributed by atoms with Gasteiger partial charge in [-0.05, 0) is 31.5 Å². The summed E-state index contributed by atoms with van der Waals surface area (Å²) >= 11 is 0. The third-order valence-corrected chi connectivity index (χ3v) is 2.51. The van der Waals surface area contributed by atoms with E-state index in [2.05, 4.69) is 5.32 Å². The number of ether oxygens (including phenoxy) is 2. The van der Waals surface area contributed by atoms with Crippen LogP contribution in [-0.2, 0) is 14.3 Å². The van der Waals surface area contributed by atoms with Gasteiger partial charge in [0.25, 0.3) is 5.91 Å². The van der Waals surface area contributed by atoms with Gasteiger partial charge < -0.3 is 14.8 Å². The lowest BCUT2D eigenvalue weighted by atomic mass is 10.2. The monoisotopic (exact) mass is 289 g/mol. The molecule has 1 N–H and O–H groups in total. The topological polar surface area (TPSA) is 64.6 Å². The number of benzene rings is 1. The molecule has 1 aromatic carbocycles. The number of allylic oxidation sites excluding steroid dienone is 3. The molecule has 112 valence electrons. The molecule has 0 heterocycles. The van der Waals surface area contributed by atoms with Crippen LogP contribution in [0.15, 0.2) is 42.5 Å². The molecule has 0 aliphatic heterocycles. The van der Waals surface area contributed by atoms with Gasteiger partial charge in [-0.15, -0.1) is 0 Å². The highest BCUT2D eigenvalue weighted by atomic mass is 16.5. The van der Waals surface area contributed by atoms with Gasteiger partial charge in [0.2, 0.25) is 0 Å². The van der Waals surface area contributed by atoms with Crippen molar-refractivity contribution in [3.63, 3.8) is 0 Å². The lowest BCUT2D eigenvalue weighted by Crippen LogP contribution is -2.20. The summed E-state index contributed by atoms with van der Waals surface area (Å²) in [7, 11) is 1.52. The Hall–Kier alpha value is -2.56. The molecule has 0 aliphatic carbocycles. The van der Waals surface area contributed by atoms with Crippen LogP contribution in [0.1, 0.15) is 12.5 Å². The first kappa shape index (κ1) is 16.5. The van der Waals surface area contributed by atoms with Crippen LogP contribution in [0, 0.1) is 6.92 Å². The Bertz CT molecular complexity index is 561. The fourth-order valence-electron chi connectivity index (χ4n) is 1.54. The standard InChI is InChI=1S/C16H19NO4/c1-4-5-6-7-16(19)21-11-15(18)17-13-10-12(2)8-9-14(13)20-3/h4-10H,11H2,1-3H3,(H,17,18)/b5-4+,7-6+. The number of methoxy groups -OCH3 is 1. The highest BCUT2D eigenvalue weighted by molar-refractivity contribution is 5.95. The molecule has 0 spiro atoms. The Kier molecular flexibility index (Phi) is 6.74. The number of hydrogen-bond acceptors (Lipinski definition) is 4. The van der Waals surface area contributed by atoms with Crippen molar-refractivity contribution >= 4 is 17.6 Å². The molecule has 1 amide bonds. The van der Waals surface area contributed by atoms with Gasteiger partial charge in [0.15, 0.2) is 6.61 Å². The smallest absolute Gasteiger partial charge is 0.331 e. The highest BCUT2D eigenvalue weighted by Crippen LogP contribution is 2.24. The lowest BCUT2D eigenvalue weighted by molar-refractivity contribution is -0.142. The van der Waals surface area contributed by atoms with Crippen LogP contribution in [-0.4, -0.2) is 25.6 Å². The van der Waals surface area contributed by atoms with Crippen LogP contribution >= 0.6 is 0 Å². The number of carbonyl (C=O) groups is 2. The molecule has 0 aromatic heterocycles. The van der Waals surface area contributed by atoms with E-state index in [1.807, 2.05) is 19.9 Å². The van der Waals surface area contributed by atoms with E-state index in [0.717, 1.165) is 5.56 Å². The molecule has 1 rings (SSSR count). The van der Waals surface area contributed by atoms with E-state index in [4.69, 9.17) is 9.47 Å². The van der Waals surface area contributed by atoms with Gasteiger partial charge >= 0.3 is 5.97 Å². The molecular weight excluding hydrogens is 270 g/mol. The number of esters is 1. The van der Waals surface area contributed by atoms with Crippen molar-refractivity contribution in [1.82, 2.24) is 0 Å². The summed E-state index contributed by atoms with van der Waals surface area (Å²) in [5, 5.41) is 2.65. The Morgan fingerprint density at radius 1 is 1.29 bits per heavy atom. The summed E-state index contributed by atoms with van der Waals surface area (Å²) in [5.74, 6) is -0.445. The fraction of sp³-hybridized carbons (Fsp3) is 0.250. The molecule has 0 atom stereocenters. The molecule has 5 heteroatoms. The largest absolute Gasteiger partial charge is 0.495 e. The molecule has 21 heavy (non-hydrogen) atoms. The van der Waals surface area contributed by atoms with Crippen LogP contribution in [0.3, 0.4) is 0 Å². The van der Waals surface area contributed by atoms with E-state index in [1.54, 1.807) is 30.4 Å². The predicted octanol–water partition coefficient (Wildman–Crippen LogP) is 2.62. The summed E-state index contributed by atoms with van der Waals surface area (Å²) in [5.41, 5.74) is 1.53. The summed E-state index contributed by atoms with van der Waals surface area (Å²) < 4.78 is 9.96. The summed E-state index contributed by atoms with van der Waals surface area (Å²) in [6.45, 7) is 3.38. The second-order valence-corrected chi connectivity index (χ2v) is 4.24. The van der Waals surface area contributed by atoms with Gasteiger partial charge in [0.05, 0.1) is 12.8 Å². The van der Waals surface area contributed by atoms with Gasteiger partial charge in [-0.25, -0.2) is 4.79 Å². The molecule has 0 fully saturated rings. The van der Waals surface area contributed by atoms with E-state index in [0.29, 0.717) is 11.4 Å². The number of nitrogens with one attached hydrogen (secondary N) is 1. The molecular formula is C16H19NO4. The van der Waals surface area contributed by atoms with E-state index in [-0.39, 0.29) is 6.61 Å². The maximum atomic E-state index is 11.7. The van der Waals surface area contributed by atoms with Gasteiger partial charge in [0.1, 0.15) is 5.75 Å². The number of amides is 1. The SMILES string of the molecule is C/C=C/C=C/C(=O)OCC(=O)Nc1cc(C)ccc1OC. The minimum atomic E-state index is -0.570. The van der Waals surface area contributed by atoms with Crippen molar-refractivity contribution in [1.29, 1.82) is 0 Å². The second kappa shape index (κ2) is 8.58. The average Bonchev–Trinajstić information content (AvgIpc) is 2.46. The third kappa shape index (κ3) is 5.95. The maximum Gasteiger partial charge on any atom is 0.331 e. The Labute approximate surface area is 124 Å². The van der Waals surface area contributed by atoms with Crippen LogP contribution in [0.5, 0.6) is 5.75 Å². The fourth-order valence-corrected chi connectivity index (χ4v) is 1.54. The molecule has 0 saturated heterocycles. The van der Waals surface area contributed by atoms with Crippen molar-refractivity contribution in [2.75, 3.05) is 19.0 Å². The zero-order valence-electron chi connectivity index (χ0n) is 12.4. The van der Waals surface area contributed by atoms with Gasteiger partial charge in [-0.3, -0.25) is 4.79 Å². The Balaban J connectivity index is 2.54.